The number of hydrogen-bond acceptors (Lipinski definition) is 3. The second-order valence-corrected chi connectivity index (χ2v) is 7.35. The fraction of sp³-hybridized carbons (Fsp3) is 0.526. The molecule has 0 radical (unpaired) electrons. The maximum atomic E-state index is 5.96. The third-order valence-electron chi connectivity index (χ3n) is 4.78. The molecular formula is C19H27ClN4. The normalized spacial score (nSPS) is 19.0. The molecule has 1 aromatic heterocycles. The number of hydrogen-bond donors (Lipinski definition) is 1. The van der Waals surface area contributed by atoms with Crippen LogP contribution in [0, 0.1) is 5.92 Å². The van der Waals surface area contributed by atoms with Gasteiger partial charge in [-0.15, -0.1) is 0 Å². The van der Waals surface area contributed by atoms with Crippen molar-refractivity contribution in [2.45, 2.75) is 25.8 Å². The lowest BCUT2D eigenvalue weighted by molar-refractivity contribution is 0.141. The zero-order valence-electron chi connectivity index (χ0n) is 14.4. The zero-order chi connectivity index (χ0) is 16.8. The molecule has 1 N–H and O–H groups in total. The number of aromatic amines is 1. The molecule has 1 saturated heterocycles. The Morgan fingerprint density at radius 2 is 2.17 bits per heavy atom. The summed E-state index contributed by atoms with van der Waals surface area (Å²) in [4.78, 5) is 12.5. The number of nitrogens with one attached hydrogen (secondary N) is 1. The predicted octanol–water partition coefficient (Wildman–Crippen LogP) is 3.45. The Hall–Kier alpha value is -1.36. The van der Waals surface area contributed by atoms with Crippen LogP contribution < -0.4 is 0 Å². The summed E-state index contributed by atoms with van der Waals surface area (Å²) in [5.74, 6) is 1.80. The summed E-state index contributed by atoms with van der Waals surface area (Å²) in [5.41, 5.74) is 1.37. The number of rotatable bonds is 7. The van der Waals surface area contributed by atoms with E-state index in [9.17, 15) is 0 Å². The molecule has 3 rings (SSSR count). The molecule has 1 aliphatic heterocycles. The van der Waals surface area contributed by atoms with Gasteiger partial charge in [0.1, 0.15) is 5.82 Å². The highest BCUT2D eigenvalue weighted by Crippen LogP contribution is 2.18. The van der Waals surface area contributed by atoms with Crippen LogP contribution in [-0.4, -0.2) is 53.0 Å². The van der Waals surface area contributed by atoms with Crippen molar-refractivity contribution >= 4 is 11.6 Å². The molecule has 1 atom stereocenters. The number of likely N-dealkylation sites (tertiary alicyclic amines) is 1. The van der Waals surface area contributed by atoms with Gasteiger partial charge >= 0.3 is 0 Å². The van der Waals surface area contributed by atoms with E-state index in [0.29, 0.717) is 0 Å². The van der Waals surface area contributed by atoms with Crippen LogP contribution in [-0.2, 0) is 13.0 Å². The van der Waals surface area contributed by atoms with Gasteiger partial charge in [0, 0.05) is 37.1 Å². The van der Waals surface area contributed by atoms with Crippen LogP contribution in [0.15, 0.2) is 36.7 Å². The molecule has 0 aliphatic carbocycles. The average Bonchev–Trinajstić information content (AvgIpc) is 3.07. The first-order valence-electron chi connectivity index (χ1n) is 8.82. The lowest BCUT2D eigenvalue weighted by Crippen LogP contribution is -2.40. The number of benzene rings is 1. The second-order valence-electron chi connectivity index (χ2n) is 6.92. The molecule has 1 aliphatic rings. The van der Waals surface area contributed by atoms with Crippen LogP contribution in [0.25, 0.3) is 0 Å². The number of halogens is 1. The molecule has 2 aromatic rings. The Labute approximate surface area is 149 Å². The van der Waals surface area contributed by atoms with Crippen molar-refractivity contribution in [3.8, 4) is 0 Å². The summed E-state index contributed by atoms with van der Waals surface area (Å²) in [6.45, 7) is 5.61. The molecule has 130 valence electrons. The van der Waals surface area contributed by atoms with Crippen LogP contribution in [0.4, 0.5) is 0 Å². The number of H-pyrrole nitrogens is 1. The largest absolute Gasteiger partial charge is 0.348 e. The maximum absolute atomic E-state index is 5.96. The predicted molar refractivity (Wildman–Crippen MR) is 99.2 cm³/mol. The third kappa shape index (κ3) is 5.33. The first-order valence-corrected chi connectivity index (χ1v) is 9.20. The van der Waals surface area contributed by atoms with Gasteiger partial charge in [-0.05, 0) is 56.5 Å². The van der Waals surface area contributed by atoms with E-state index in [-0.39, 0.29) is 0 Å². The summed E-state index contributed by atoms with van der Waals surface area (Å²) >= 11 is 5.96. The molecular weight excluding hydrogens is 320 g/mol. The van der Waals surface area contributed by atoms with Crippen molar-refractivity contribution in [2.24, 2.45) is 5.92 Å². The van der Waals surface area contributed by atoms with Gasteiger partial charge in [0.25, 0.3) is 0 Å². The van der Waals surface area contributed by atoms with E-state index in [4.69, 9.17) is 11.6 Å². The van der Waals surface area contributed by atoms with Gasteiger partial charge in [-0.3, -0.25) is 4.90 Å². The van der Waals surface area contributed by atoms with Gasteiger partial charge in [-0.25, -0.2) is 4.98 Å². The molecule has 1 aromatic carbocycles. The van der Waals surface area contributed by atoms with Crippen molar-refractivity contribution in [3.05, 3.63) is 53.1 Å². The van der Waals surface area contributed by atoms with Crippen LogP contribution in [0.2, 0.25) is 5.02 Å². The van der Waals surface area contributed by atoms with Gasteiger partial charge in [0.15, 0.2) is 0 Å². The van der Waals surface area contributed by atoms with Gasteiger partial charge in [-0.1, -0.05) is 23.7 Å². The highest BCUT2D eigenvalue weighted by molar-refractivity contribution is 6.30. The Morgan fingerprint density at radius 3 is 2.92 bits per heavy atom. The van der Waals surface area contributed by atoms with Crippen molar-refractivity contribution in [1.29, 1.82) is 0 Å². The average molecular weight is 347 g/mol. The first-order chi connectivity index (χ1) is 11.7. The van der Waals surface area contributed by atoms with Crippen molar-refractivity contribution in [1.82, 2.24) is 19.8 Å². The highest BCUT2D eigenvalue weighted by Gasteiger charge is 2.21. The summed E-state index contributed by atoms with van der Waals surface area (Å²) in [6.07, 6.45) is 7.45. The van der Waals surface area contributed by atoms with E-state index >= 15 is 0 Å². The molecule has 4 nitrogen and oxygen atoms in total. The van der Waals surface area contributed by atoms with E-state index in [2.05, 4.69) is 38.9 Å². The minimum Gasteiger partial charge on any atom is -0.348 e. The molecule has 2 heterocycles. The SMILES string of the molecule is CN(Cc1ncc[nH]1)CC1CCCN(CCc2ccc(Cl)cc2)C1. The van der Waals surface area contributed by atoms with Gasteiger partial charge in [0.2, 0.25) is 0 Å². The summed E-state index contributed by atoms with van der Waals surface area (Å²) < 4.78 is 0. The molecule has 24 heavy (non-hydrogen) atoms. The number of nitrogens with zero attached hydrogens (tertiary/aromatic N) is 3. The zero-order valence-corrected chi connectivity index (χ0v) is 15.2. The fourth-order valence-electron chi connectivity index (χ4n) is 3.59. The van der Waals surface area contributed by atoms with Gasteiger partial charge in [-0.2, -0.15) is 0 Å². The van der Waals surface area contributed by atoms with Gasteiger partial charge < -0.3 is 9.88 Å². The van der Waals surface area contributed by atoms with E-state index in [1.807, 2.05) is 24.5 Å². The van der Waals surface area contributed by atoms with Crippen LogP contribution >= 0.6 is 11.6 Å². The van der Waals surface area contributed by atoms with E-state index < -0.39 is 0 Å². The third-order valence-corrected chi connectivity index (χ3v) is 5.03. The number of imidazole rings is 1. The van der Waals surface area contributed by atoms with Crippen LogP contribution in [0.1, 0.15) is 24.2 Å². The van der Waals surface area contributed by atoms with E-state index in [1.54, 1.807) is 0 Å². The smallest absolute Gasteiger partial charge is 0.120 e. The molecule has 0 saturated carbocycles. The lowest BCUT2D eigenvalue weighted by Gasteiger charge is -2.34. The van der Waals surface area contributed by atoms with E-state index in [1.165, 1.54) is 31.5 Å². The van der Waals surface area contributed by atoms with Crippen LogP contribution in [0.3, 0.4) is 0 Å². The van der Waals surface area contributed by atoms with Crippen LogP contribution in [0.5, 0.6) is 0 Å². The Morgan fingerprint density at radius 1 is 1.33 bits per heavy atom. The minimum absolute atomic E-state index is 0.754. The topological polar surface area (TPSA) is 35.2 Å². The number of aromatic nitrogens is 2. The quantitative estimate of drug-likeness (QED) is 0.834. The molecule has 0 spiro atoms. The number of piperidine rings is 1. The Bertz CT molecular complexity index is 596. The van der Waals surface area contributed by atoms with Crippen molar-refractivity contribution in [2.75, 3.05) is 33.2 Å². The molecule has 5 heteroatoms. The monoisotopic (exact) mass is 346 g/mol. The van der Waals surface area contributed by atoms with E-state index in [0.717, 1.165) is 42.8 Å². The standard InChI is InChI=1S/C19H27ClN4/c1-23(15-19-21-9-10-22-19)13-17-3-2-11-24(14-17)12-8-16-4-6-18(20)7-5-16/h4-7,9-10,17H,2-3,8,11-15H2,1H3,(H,21,22). The van der Waals surface area contributed by atoms with Crippen molar-refractivity contribution < 1.29 is 0 Å². The summed E-state index contributed by atoms with van der Waals surface area (Å²) in [6, 6.07) is 8.25. The second kappa shape index (κ2) is 8.65. The fourth-order valence-corrected chi connectivity index (χ4v) is 3.71. The maximum Gasteiger partial charge on any atom is 0.120 e. The molecule has 1 unspecified atom stereocenters. The lowest BCUT2D eigenvalue weighted by atomic mass is 9.97. The summed E-state index contributed by atoms with van der Waals surface area (Å²) in [5, 5.41) is 0.816. The molecule has 1 fully saturated rings. The minimum atomic E-state index is 0.754. The summed E-state index contributed by atoms with van der Waals surface area (Å²) in [7, 11) is 2.19. The highest BCUT2D eigenvalue weighted by atomic mass is 35.5. The Balaban J connectivity index is 1.42. The first kappa shape index (κ1) is 17.5. The van der Waals surface area contributed by atoms with Crippen molar-refractivity contribution in [3.63, 3.8) is 0 Å². The molecule has 0 bridgehead atoms. The Kier molecular flexibility index (Phi) is 6.30. The van der Waals surface area contributed by atoms with Gasteiger partial charge in [0.05, 0.1) is 6.54 Å². The molecule has 0 amide bonds.